The van der Waals surface area contributed by atoms with Crippen LogP contribution in [0.3, 0.4) is 0 Å². The van der Waals surface area contributed by atoms with Gasteiger partial charge in [0, 0.05) is 56.8 Å². The van der Waals surface area contributed by atoms with Gasteiger partial charge in [-0.1, -0.05) is 6.92 Å². The number of amides is 1. The summed E-state index contributed by atoms with van der Waals surface area (Å²) in [5.74, 6) is 1.75. The third kappa shape index (κ3) is 4.71. The molecule has 2 aromatic heterocycles. The fourth-order valence-corrected chi connectivity index (χ4v) is 3.15. The minimum Gasteiger partial charge on any atom is -0.481 e. The number of hydrogen-bond acceptors (Lipinski definition) is 6. The number of hydrogen-bond donors (Lipinski definition) is 1. The first-order chi connectivity index (χ1) is 12.7. The van der Waals surface area contributed by atoms with Gasteiger partial charge < -0.3 is 15.0 Å². The topological polar surface area (TPSA) is 85.2 Å². The molecule has 1 unspecified atom stereocenters. The van der Waals surface area contributed by atoms with Crippen molar-refractivity contribution in [1.82, 2.24) is 25.1 Å². The van der Waals surface area contributed by atoms with Crippen molar-refractivity contribution < 1.29 is 9.53 Å². The molecule has 1 N–H and O–H groups in total. The van der Waals surface area contributed by atoms with E-state index in [9.17, 15) is 4.79 Å². The molecule has 1 fully saturated rings. The van der Waals surface area contributed by atoms with Crippen LogP contribution in [0.5, 0.6) is 5.88 Å². The van der Waals surface area contributed by atoms with Crippen molar-refractivity contribution in [2.24, 2.45) is 11.8 Å². The van der Waals surface area contributed by atoms with Gasteiger partial charge in [0.05, 0.1) is 7.11 Å². The van der Waals surface area contributed by atoms with Crippen molar-refractivity contribution >= 4 is 11.9 Å². The summed E-state index contributed by atoms with van der Waals surface area (Å²) in [6, 6.07) is 3.64. The van der Waals surface area contributed by atoms with Crippen LogP contribution in [0.2, 0.25) is 0 Å². The van der Waals surface area contributed by atoms with E-state index < -0.39 is 0 Å². The van der Waals surface area contributed by atoms with E-state index in [0.717, 1.165) is 32.5 Å². The lowest BCUT2D eigenvalue weighted by molar-refractivity contribution is -0.125. The van der Waals surface area contributed by atoms with Crippen molar-refractivity contribution in [2.45, 2.75) is 26.3 Å². The molecule has 0 aliphatic carbocycles. The van der Waals surface area contributed by atoms with Gasteiger partial charge in [0.1, 0.15) is 0 Å². The lowest BCUT2D eigenvalue weighted by atomic mass is 9.96. The number of carbonyl (C=O) groups excluding carboxylic acids is 1. The maximum absolute atomic E-state index is 12.4. The van der Waals surface area contributed by atoms with Crippen molar-refractivity contribution in [3.05, 3.63) is 30.7 Å². The van der Waals surface area contributed by atoms with Gasteiger partial charge >= 0.3 is 0 Å². The summed E-state index contributed by atoms with van der Waals surface area (Å²) in [6.07, 6.45) is 7.01. The second-order valence-electron chi connectivity index (χ2n) is 6.74. The number of nitrogens with one attached hydrogen (secondary N) is 1. The summed E-state index contributed by atoms with van der Waals surface area (Å²) < 4.78 is 7.04. The molecule has 8 heteroatoms. The fraction of sp³-hybridized carbons (Fsp3) is 0.556. The highest BCUT2D eigenvalue weighted by molar-refractivity contribution is 5.78. The molecular formula is C18H26N6O2. The molecule has 2 aromatic rings. The zero-order valence-electron chi connectivity index (χ0n) is 15.3. The van der Waals surface area contributed by atoms with E-state index in [-0.39, 0.29) is 11.8 Å². The first-order valence-corrected chi connectivity index (χ1v) is 9.03. The Labute approximate surface area is 153 Å². The lowest BCUT2D eigenvalue weighted by Gasteiger charge is -2.31. The molecule has 3 rings (SSSR count). The van der Waals surface area contributed by atoms with Crippen LogP contribution in [0.15, 0.2) is 30.7 Å². The lowest BCUT2D eigenvalue weighted by Crippen LogP contribution is -2.42. The van der Waals surface area contributed by atoms with Crippen molar-refractivity contribution in [3.8, 4) is 5.88 Å². The summed E-state index contributed by atoms with van der Waals surface area (Å²) in [7, 11) is 1.59. The van der Waals surface area contributed by atoms with Gasteiger partial charge in [-0.25, -0.2) is 4.98 Å². The molecule has 140 valence electrons. The predicted molar refractivity (Wildman–Crippen MR) is 97.9 cm³/mol. The average molecular weight is 358 g/mol. The largest absolute Gasteiger partial charge is 0.481 e. The molecule has 1 saturated heterocycles. The molecular weight excluding hydrogens is 332 g/mol. The molecule has 0 spiro atoms. The smallest absolute Gasteiger partial charge is 0.228 e. The highest BCUT2D eigenvalue weighted by atomic mass is 16.5. The van der Waals surface area contributed by atoms with E-state index in [0.29, 0.717) is 24.3 Å². The monoisotopic (exact) mass is 358 g/mol. The maximum Gasteiger partial charge on any atom is 0.228 e. The van der Waals surface area contributed by atoms with Crippen molar-refractivity contribution in [1.29, 1.82) is 0 Å². The predicted octanol–water partition coefficient (Wildman–Crippen LogP) is 1.35. The van der Waals surface area contributed by atoms with Crippen LogP contribution in [0.25, 0.3) is 0 Å². The molecule has 8 nitrogen and oxygen atoms in total. The highest BCUT2D eigenvalue weighted by Crippen LogP contribution is 2.22. The summed E-state index contributed by atoms with van der Waals surface area (Å²) in [5, 5.41) is 7.29. The number of nitrogens with zero attached hydrogens (tertiary/aromatic N) is 5. The molecule has 1 aliphatic heterocycles. The van der Waals surface area contributed by atoms with E-state index in [4.69, 9.17) is 4.74 Å². The molecule has 3 heterocycles. The Bertz CT molecular complexity index is 697. The third-order valence-corrected chi connectivity index (χ3v) is 4.66. The third-order valence-electron chi connectivity index (χ3n) is 4.66. The Morgan fingerprint density at radius 3 is 2.88 bits per heavy atom. The van der Waals surface area contributed by atoms with Crippen LogP contribution in [0.4, 0.5) is 5.95 Å². The second kappa shape index (κ2) is 8.64. The van der Waals surface area contributed by atoms with Gasteiger partial charge in [0.2, 0.25) is 17.7 Å². The first-order valence-electron chi connectivity index (χ1n) is 9.03. The fourth-order valence-electron chi connectivity index (χ4n) is 3.15. The zero-order chi connectivity index (χ0) is 18.4. The Hall–Kier alpha value is -2.64. The number of rotatable bonds is 7. The Kier molecular flexibility index (Phi) is 6.04. The number of carbonyl (C=O) groups is 1. The molecule has 0 saturated carbocycles. The summed E-state index contributed by atoms with van der Waals surface area (Å²) in [5.41, 5.74) is 0. The van der Waals surface area contributed by atoms with E-state index in [1.807, 2.05) is 16.9 Å². The summed E-state index contributed by atoms with van der Waals surface area (Å²) in [4.78, 5) is 23.2. The van der Waals surface area contributed by atoms with Crippen LogP contribution in [-0.4, -0.2) is 52.4 Å². The van der Waals surface area contributed by atoms with E-state index in [1.165, 1.54) is 0 Å². The number of anilines is 1. The van der Waals surface area contributed by atoms with Gasteiger partial charge in [-0.2, -0.15) is 10.1 Å². The minimum atomic E-state index is 0.0498. The number of methoxy groups -OCH3 is 1. The van der Waals surface area contributed by atoms with Crippen molar-refractivity contribution in [2.75, 3.05) is 31.6 Å². The van der Waals surface area contributed by atoms with Crippen LogP contribution in [0.1, 0.15) is 19.8 Å². The van der Waals surface area contributed by atoms with Gasteiger partial charge in [-0.3, -0.25) is 9.48 Å². The average Bonchev–Trinajstić information content (AvgIpc) is 3.19. The summed E-state index contributed by atoms with van der Waals surface area (Å²) >= 11 is 0. The molecule has 26 heavy (non-hydrogen) atoms. The Morgan fingerprint density at radius 1 is 1.38 bits per heavy atom. The normalized spacial score (nSPS) is 16.3. The zero-order valence-corrected chi connectivity index (χ0v) is 15.3. The molecule has 0 bridgehead atoms. The number of aromatic nitrogens is 4. The van der Waals surface area contributed by atoms with Crippen LogP contribution < -0.4 is 15.0 Å². The van der Waals surface area contributed by atoms with E-state index in [2.05, 4.69) is 32.2 Å². The molecule has 0 aromatic carbocycles. The van der Waals surface area contributed by atoms with Gasteiger partial charge in [0.25, 0.3) is 0 Å². The second-order valence-corrected chi connectivity index (χ2v) is 6.74. The van der Waals surface area contributed by atoms with E-state index in [1.54, 1.807) is 25.6 Å². The quantitative estimate of drug-likeness (QED) is 0.804. The van der Waals surface area contributed by atoms with Gasteiger partial charge in [0.15, 0.2) is 0 Å². The number of ether oxygens (including phenoxy) is 1. The van der Waals surface area contributed by atoms with Crippen LogP contribution in [-0.2, 0) is 11.3 Å². The minimum absolute atomic E-state index is 0.0498. The Morgan fingerprint density at radius 2 is 2.19 bits per heavy atom. The van der Waals surface area contributed by atoms with Gasteiger partial charge in [-0.05, 0) is 24.8 Å². The molecule has 0 radical (unpaired) electrons. The summed E-state index contributed by atoms with van der Waals surface area (Å²) in [6.45, 7) is 5.13. The molecule has 1 amide bonds. The highest BCUT2D eigenvalue weighted by Gasteiger charge is 2.26. The van der Waals surface area contributed by atoms with Crippen molar-refractivity contribution in [3.63, 3.8) is 0 Å². The molecule has 1 aliphatic rings. The Balaban J connectivity index is 1.43. The molecule has 1 atom stereocenters. The van der Waals surface area contributed by atoms with Crippen LogP contribution in [0, 0.1) is 11.8 Å². The maximum atomic E-state index is 12.4. The van der Waals surface area contributed by atoms with Crippen LogP contribution >= 0.6 is 0 Å². The van der Waals surface area contributed by atoms with Gasteiger partial charge in [-0.15, -0.1) is 0 Å². The number of piperidine rings is 1. The van der Waals surface area contributed by atoms with E-state index >= 15 is 0 Å². The SMILES string of the molecule is COc1ccnc(N2CCC(C(=O)NCC(C)Cn3cccn3)CC2)n1. The standard InChI is InChI=1S/C18H26N6O2/c1-14(13-24-9-3-7-21-24)12-20-17(25)15-5-10-23(11-6-15)18-19-8-4-16(22-18)26-2/h3-4,7-9,14-15H,5-6,10-13H2,1-2H3,(H,20,25). The first kappa shape index (κ1) is 18.2.